The van der Waals surface area contributed by atoms with Gasteiger partial charge in [0.15, 0.2) is 5.65 Å². The highest BCUT2D eigenvalue weighted by Crippen LogP contribution is 2.30. The molecule has 4 heterocycles. The van der Waals surface area contributed by atoms with Crippen LogP contribution in [0.5, 0.6) is 0 Å². The van der Waals surface area contributed by atoms with E-state index in [9.17, 15) is 9.59 Å². The number of nitrogens with one attached hydrogen (secondary N) is 1. The summed E-state index contributed by atoms with van der Waals surface area (Å²) in [7, 11) is 1.87. The predicted molar refractivity (Wildman–Crippen MR) is 92.6 cm³/mol. The molecule has 136 valence electrons. The summed E-state index contributed by atoms with van der Waals surface area (Å²) in [6, 6.07) is 5.11. The minimum atomic E-state index is -0.335. The third-order valence-electron chi connectivity index (χ3n) is 4.80. The Kier molecular flexibility index (Phi) is 4.08. The first-order chi connectivity index (χ1) is 12.5. The molecule has 0 unspecified atom stereocenters. The summed E-state index contributed by atoms with van der Waals surface area (Å²) in [6.07, 6.45) is 3.89. The molecule has 26 heavy (non-hydrogen) atoms. The Hall–Kier alpha value is -2.94. The fraction of sp³-hybridized carbons (Fsp3) is 0.412. The Morgan fingerprint density at radius 1 is 1.42 bits per heavy atom. The molecule has 0 spiro atoms. The average Bonchev–Trinajstić information content (AvgIpc) is 3.29. The topological polar surface area (TPSA) is 95.4 Å². The fourth-order valence-corrected chi connectivity index (χ4v) is 3.30. The van der Waals surface area contributed by atoms with Crippen LogP contribution in [0.3, 0.4) is 0 Å². The lowest BCUT2D eigenvalue weighted by atomic mass is 10.0. The fourth-order valence-electron chi connectivity index (χ4n) is 3.30. The van der Waals surface area contributed by atoms with Crippen LogP contribution in [0.1, 0.15) is 23.8 Å². The highest BCUT2D eigenvalue weighted by molar-refractivity contribution is 5.76. The highest BCUT2D eigenvalue weighted by Gasteiger charge is 2.33. The van der Waals surface area contributed by atoms with Gasteiger partial charge in [-0.1, -0.05) is 6.07 Å². The molecule has 1 N–H and O–H groups in total. The molecule has 9 heteroatoms. The maximum atomic E-state index is 12.5. The molecule has 9 nitrogen and oxygen atoms in total. The van der Waals surface area contributed by atoms with Crippen molar-refractivity contribution >= 4 is 11.6 Å². The summed E-state index contributed by atoms with van der Waals surface area (Å²) in [5, 5.41) is 11.4. The van der Waals surface area contributed by atoms with Crippen LogP contribution in [0.2, 0.25) is 0 Å². The van der Waals surface area contributed by atoms with Crippen LogP contribution in [-0.2, 0) is 23.1 Å². The molecule has 4 rings (SSSR count). The van der Waals surface area contributed by atoms with Crippen LogP contribution in [0.25, 0.3) is 5.65 Å². The molecule has 0 bridgehead atoms. The SMILES string of the molecule is Cc1c([C@H]2OCC[C@@H]2NC(=O)Cn2nc3ccccn3c2=O)cnn1C. The number of hydrogen-bond acceptors (Lipinski definition) is 5. The second-order valence-corrected chi connectivity index (χ2v) is 6.43. The summed E-state index contributed by atoms with van der Waals surface area (Å²) >= 11 is 0. The zero-order chi connectivity index (χ0) is 18.3. The van der Waals surface area contributed by atoms with Gasteiger partial charge in [0.1, 0.15) is 12.6 Å². The first kappa shape index (κ1) is 16.5. The molecule has 3 aromatic rings. The standard InChI is InChI=1S/C17H20N6O3/c1-11-12(9-18-21(11)2)16-13(6-8-26-16)19-15(24)10-23-17(25)22-7-4-3-5-14(22)20-23/h3-5,7,9,13,16H,6,8,10H2,1-2H3,(H,19,24)/t13-,16+/m0/s1. The van der Waals surface area contributed by atoms with E-state index in [4.69, 9.17) is 4.74 Å². The Labute approximate surface area is 149 Å². The first-order valence-corrected chi connectivity index (χ1v) is 8.48. The van der Waals surface area contributed by atoms with Crippen molar-refractivity contribution in [1.29, 1.82) is 0 Å². The monoisotopic (exact) mass is 356 g/mol. The second-order valence-electron chi connectivity index (χ2n) is 6.43. The summed E-state index contributed by atoms with van der Waals surface area (Å²) in [4.78, 5) is 24.8. The number of carbonyl (C=O) groups excluding carboxylic acids is 1. The van der Waals surface area contributed by atoms with E-state index in [-0.39, 0.29) is 30.3 Å². The molecular formula is C17H20N6O3. The van der Waals surface area contributed by atoms with Crippen LogP contribution >= 0.6 is 0 Å². The molecule has 1 aliphatic rings. The van der Waals surface area contributed by atoms with E-state index in [1.165, 1.54) is 9.08 Å². The van der Waals surface area contributed by atoms with Gasteiger partial charge in [0.2, 0.25) is 5.91 Å². The Morgan fingerprint density at radius 2 is 2.27 bits per heavy atom. The average molecular weight is 356 g/mol. The van der Waals surface area contributed by atoms with E-state index in [2.05, 4.69) is 15.5 Å². The van der Waals surface area contributed by atoms with Crippen molar-refractivity contribution in [2.45, 2.75) is 32.0 Å². The normalized spacial score (nSPS) is 19.9. The van der Waals surface area contributed by atoms with Crippen molar-refractivity contribution < 1.29 is 9.53 Å². The number of amides is 1. The van der Waals surface area contributed by atoms with E-state index in [0.29, 0.717) is 18.7 Å². The second kappa shape index (κ2) is 6.41. The Balaban J connectivity index is 1.49. The van der Waals surface area contributed by atoms with Crippen molar-refractivity contribution in [3.8, 4) is 0 Å². The van der Waals surface area contributed by atoms with Crippen molar-refractivity contribution in [1.82, 2.24) is 29.3 Å². The molecular weight excluding hydrogens is 336 g/mol. The van der Waals surface area contributed by atoms with E-state index in [1.807, 2.05) is 14.0 Å². The summed E-state index contributed by atoms with van der Waals surface area (Å²) in [5.74, 6) is -0.266. The van der Waals surface area contributed by atoms with Gasteiger partial charge in [-0.25, -0.2) is 9.48 Å². The summed E-state index contributed by atoms with van der Waals surface area (Å²) < 4.78 is 10.2. The molecule has 0 saturated carbocycles. The minimum Gasteiger partial charge on any atom is -0.371 e. The number of ether oxygens (including phenoxy) is 1. The molecule has 0 aliphatic carbocycles. The molecule has 1 amide bonds. The van der Waals surface area contributed by atoms with Gasteiger partial charge in [0.25, 0.3) is 0 Å². The summed E-state index contributed by atoms with van der Waals surface area (Å²) in [5.41, 5.74) is 2.16. The third kappa shape index (κ3) is 2.80. The molecule has 1 aliphatic heterocycles. The molecule has 1 fully saturated rings. The smallest absolute Gasteiger partial charge is 0.350 e. The van der Waals surface area contributed by atoms with Gasteiger partial charge < -0.3 is 10.1 Å². The van der Waals surface area contributed by atoms with Gasteiger partial charge in [0, 0.05) is 31.1 Å². The largest absolute Gasteiger partial charge is 0.371 e. The number of pyridine rings is 1. The van der Waals surface area contributed by atoms with Crippen LogP contribution in [0, 0.1) is 6.92 Å². The number of aryl methyl sites for hydroxylation is 1. The maximum Gasteiger partial charge on any atom is 0.350 e. The predicted octanol–water partition coefficient (Wildman–Crippen LogP) is 0.184. The highest BCUT2D eigenvalue weighted by atomic mass is 16.5. The summed E-state index contributed by atoms with van der Waals surface area (Å²) in [6.45, 7) is 2.41. The van der Waals surface area contributed by atoms with E-state index in [1.54, 1.807) is 35.3 Å². The number of nitrogens with zero attached hydrogens (tertiary/aromatic N) is 5. The van der Waals surface area contributed by atoms with Gasteiger partial charge in [-0.05, 0) is 25.5 Å². The van der Waals surface area contributed by atoms with Gasteiger partial charge >= 0.3 is 5.69 Å². The molecule has 0 radical (unpaired) electrons. The minimum absolute atomic E-state index is 0.129. The maximum absolute atomic E-state index is 12.5. The third-order valence-corrected chi connectivity index (χ3v) is 4.80. The van der Waals surface area contributed by atoms with Crippen molar-refractivity contribution in [3.05, 3.63) is 52.3 Å². The van der Waals surface area contributed by atoms with Crippen LogP contribution in [0.15, 0.2) is 35.4 Å². The van der Waals surface area contributed by atoms with Gasteiger partial charge in [-0.2, -0.15) is 5.10 Å². The van der Waals surface area contributed by atoms with Crippen LogP contribution in [0.4, 0.5) is 0 Å². The van der Waals surface area contributed by atoms with Gasteiger partial charge in [-0.15, -0.1) is 5.10 Å². The zero-order valence-corrected chi connectivity index (χ0v) is 14.6. The van der Waals surface area contributed by atoms with Crippen LogP contribution in [-0.4, -0.2) is 42.5 Å². The first-order valence-electron chi connectivity index (χ1n) is 8.48. The van der Waals surface area contributed by atoms with Crippen molar-refractivity contribution in [2.75, 3.05) is 6.61 Å². The Morgan fingerprint density at radius 3 is 3.00 bits per heavy atom. The number of hydrogen-bond donors (Lipinski definition) is 1. The molecule has 2 atom stereocenters. The number of rotatable bonds is 4. The van der Waals surface area contributed by atoms with Crippen molar-refractivity contribution in [3.63, 3.8) is 0 Å². The molecule has 1 saturated heterocycles. The van der Waals surface area contributed by atoms with Crippen LogP contribution < -0.4 is 11.0 Å². The van der Waals surface area contributed by atoms with Gasteiger partial charge in [-0.3, -0.25) is 13.9 Å². The number of carbonyl (C=O) groups is 1. The Bertz CT molecular complexity index is 1020. The lowest BCUT2D eigenvalue weighted by Crippen LogP contribution is -2.40. The van der Waals surface area contributed by atoms with E-state index >= 15 is 0 Å². The van der Waals surface area contributed by atoms with Gasteiger partial charge in [0.05, 0.1) is 12.2 Å². The molecule has 0 aromatic carbocycles. The zero-order valence-electron chi connectivity index (χ0n) is 14.6. The lowest BCUT2D eigenvalue weighted by molar-refractivity contribution is -0.123. The van der Waals surface area contributed by atoms with Crippen molar-refractivity contribution in [2.24, 2.45) is 7.05 Å². The van der Waals surface area contributed by atoms with E-state index in [0.717, 1.165) is 11.3 Å². The lowest BCUT2D eigenvalue weighted by Gasteiger charge is -2.19. The molecule has 3 aromatic heterocycles. The number of fused-ring (bicyclic) bond motifs is 1. The number of aromatic nitrogens is 5. The van der Waals surface area contributed by atoms with E-state index < -0.39 is 0 Å². The quantitative estimate of drug-likeness (QED) is 0.720.